The molecule has 0 aromatic heterocycles. The van der Waals surface area contributed by atoms with Gasteiger partial charge in [-0.25, -0.2) is 0 Å². The molecule has 11 nitrogen and oxygen atoms in total. The SMILES string of the molecule is C=C1C[C@@H]2CC[C@]34C[C@@H]5C6O[C@H](C3)[C@H](O4)C6O[C@H]3CC[C@H](CC(=O)C[C@@H]4[C@@H](OC)[C@@H](C[C@H](O)CNC)O[C@H]4C[C@H]4O[C@@H](CC[C@@H]1O2)C[C@@H](C)C4=C)OC53. The first kappa shape index (κ1) is 37.3. The van der Waals surface area contributed by atoms with E-state index in [1.54, 1.807) is 7.11 Å². The van der Waals surface area contributed by atoms with E-state index in [2.05, 4.69) is 25.4 Å². The molecule has 0 aliphatic carbocycles. The Kier molecular flexibility index (Phi) is 10.5. The van der Waals surface area contributed by atoms with Crippen LogP contribution in [-0.4, -0.2) is 129 Å². The van der Waals surface area contributed by atoms with Crippen LogP contribution in [0.15, 0.2) is 24.3 Å². The Balaban J connectivity index is 0.990. The lowest BCUT2D eigenvalue weighted by Gasteiger charge is -2.48. The second-order valence-corrected chi connectivity index (χ2v) is 18.3. The van der Waals surface area contributed by atoms with Crippen LogP contribution in [0, 0.1) is 17.8 Å². The third kappa shape index (κ3) is 7.06. The Morgan fingerprint density at radius 3 is 2.43 bits per heavy atom. The van der Waals surface area contributed by atoms with Crippen molar-refractivity contribution in [1.82, 2.24) is 5.32 Å². The van der Waals surface area contributed by atoms with Crippen molar-refractivity contribution in [2.45, 2.75) is 194 Å². The minimum absolute atomic E-state index is 0.00664. The number of aliphatic hydroxyl groups is 1. The fourth-order valence-corrected chi connectivity index (χ4v) is 12.2. The van der Waals surface area contributed by atoms with E-state index in [-0.39, 0.29) is 109 Å². The zero-order chi connectivity index (χ0) is 36.6. The van der Waals surface area contributed by atoms with E-state index in [0.29, 0.717) is 38.1 Å². The molecule has 53 heavy (non-hydrogen) atoms. The molecule has 10 fully saturated rings. The number of likely N-dealkylation sites (N-methyl/N-ethyl adjacent to an activating group) is 1. The van der Waals surface area contributed by atoms with Gasteiger partial charge in [0.05, 0.1) is 85.0 Å². The summed E-state index contributed by atoms with van der Waals surface area (Å²) >= 11 is 0. The smallest absolute Gasteiger partial charge is 0.135 e. The number of hydrogen-bond donors (Lipinski definition) is 2. The summed E-state index contributed by atoms with van der Waals surface area (Å²) in [5.74, 6) is 0.454. The van der Waals surface area contributed by atoms with E-state index in [0.717, 1.165) is 69.8 Å². The van der Waals surface area contributed by atoms with Crippen LogP contribution in [0.3, 0.4) is 0 Å². The van der Waals surface area contributed by atoms with Crippen molar-refractivity contribution < 1.29 is 47.8 Å². The lowest BCUT2D eigenvalue weighted by molar-refractivity contribution is -0.237. The minimum atomic E-state index is -0.592. The molecule has 296 valence electrons. The van der Waals surface area contributed by atoms with Gasteiger partial charge in [-0.2, -0.15) is 0 Å². The number of rotatable bonds is 5. The summed E-state index contributed by atoms with van der Waals surface area (Å²) in [6, 6.07) is 0. The molecule has 10 aliphatic rings. The van der Waals surface area contributed by atoms with Gasteiger partial charge in [-0.15, -0.1) is 0 Å². The number of aliphatic hydroxyl groups excluding tert-OH is 1. The summed E-state index contributed by atoms with van der Waals surface area (Å²) in [5.41, 5.74) is 1.99. The van der Waals surface area contributed by atoms with Crippen LogP contribution in [0.5, 0.6) is 0 Å². The quantitative estimate of drug-likeness (QED) is 0.391. The van der Waals surface area contributed by atoms with Gasteiger partial charge < -0.3 is 48.3 Å². The zero-order valence-corrected chi connectivity index (χ0v) is 32.0. The molecule has 10 aliphatic heterocycles. The van der Waals surface area contributed by atoms with Crippen molar-refractivity contribution in [1.29, 1.82) is 0 Å². The lowest BCUT2D eigenvalue weighted by Crippen LogP contribution is -2.58. The Morgan fingerprint density at radius 2 is 1.60 bits per heavy atom. The fraction of sp³-hybridized carbons (Fsp3) is 0.881. The number of Topliss-reactive ketones (excluding diaryl/α,β-unsaturated/α-hetero) is 1. The number of nitrogens with one attached hydrogen (secondary N) is 1. The fourth-order valence-electron chi connectivity index (χ4n) is 12.2. The molecule has 2 N–H and O–H groups in total. The van der Waals surface area contributed by atoms with Gasteiger partial charge >= 0.3 is 0 Å². The molecule has 1 spiro atoms. The lowest BCUT2D eigenvalue weighted by atomic mass is 9.73. The van der Waals surface area contributed by atoms with Crippen molar-refractivity contribution in [3.05, 3.63) is 24.3 Å². The summed E-state index contributed by atoms with van der Waals surface area (Å²) < 4.78 is 53.9. The molecule has 0 aromatic rings. The average molecular weight is 742 g/mol. The second kappa shape index (κ2) is 14.9. The highest BCUT2D eigenvalue weighted by Crippen LogP contribution is 2.57. The summed E-state index contributed by atoms with van der Waals surface area (Å²) in [6.45, 7) is 11.7. The van der Waals surface area contributed by atoms with E-state index >= 15 is 0 Å². The Hall–Kier alpha value is -1.25. The zero-order valence-electron chi connectivity index (χ0n) is 32.0. The number of carbonyl (C=O) groups is 1. The third-order valence-electron chi connectivity index (χ3n) is 14.8. The highest BCUT2D eigenvalue weighted by atomic mass is 16.6. The Morgan fingerprint density at radius 1 is 0.811 bits per heavy atom. The van der Waals surface area contributed by atoms with Gasteiger partial charge in [0, 0.05) is 57.6 Å². The van der Waals surface area contributed by atoms with E-state index in [4.69, 9.17) is 37.9 Å². The van der Waals surface area contributed by atoms with E-state index in [1.807, 2.05) is 7.05 Å². The molecule has 11 heteroatoms. The molecular formula is C42H63NO10. The van der Waals surface area contributed by atoms with Crippen LogP contribution in [0.1, 0.15) is 96.8 Å². The van der Waals surface area contributed by atoms with E-state index in [9.17, 15) is 9.90 Å². The van der Waals surface area contributed by atoms with Crippen molar-refractivity contribution >= 4 is 5.78 Å². The number of hydrogen-bond acceptors (Lipinski definition) is 11. The summed E-state index contributed by atoms with van der Waals surface area (Å²) in [6.07, 6.45) is 8.72. The number of ether oxygens (including phenoxy) is 8. The standard InChI is InChI=1S/C42H63NO10/c1-21-12-26-6-8-31-22(2)13-28(47-31)10-11-42-18-30-38-32(51-41-39(30)52-36(19-42)40(41)53-42)9-7-27(49-38)14-24(44)15-29-34(17-33(48-26)23(21)3)50-35(37(29)46-5)16-25(45)20-43-4/h21,25-41,43,45H,2-3,6-20H2,1,4-5H3/t21-,25+,26+,27-,28+,29+,30+,31+,32+,33-,34+,35-,36-,37-,38?,39?,40+,41?,42+/m1/s1. The number of carbonyl (C=O) groups excluding carboxylic acids is 1. The van der Waals surface area contributed by atoms with Crippen LogP contribution < -0.4 is 5.32 Å². The Labute approximate surface area is 315 Å². The van der Waals surface area contributed by atoms with E-state index < -0.39 is 6.10 Å². The summed E-state index contributed by atoms with van der Waals surface area (Å²) in [4.78, 5) is 14.1. The largest absolute Gasteiger partial charge is 0.392 e. The van der Waals surface area contributed by atoms with Gasteiger partial charge in [-0.05, 0) is 81.9 Å². The second-order valence-electron chi connectivity index (χ2n) is 18.3. The molecule has 19 atom stereocenters. The third-order valence-corrected chi connectivity index (χ3v) is 14.8. The highest BCUT2D eigenvalue weighted by molar-refractivity contribution is 5.79. The van der Waals surface area contributed by atoms with Gasteiger partial charge in [0.25, 0.3) is 0 Å². The first-order valence-electron chi connectivity index (χ1n) is 20.9. The van der Waals surface area contributed by atoms with Gasteiger partial charge in [0.1, 0.15) is 18.0 Å². The molecular weight excluding hydrogens is 678 g/mol. The van der Waals surface area contributed by atoms with Crippen LogP contribution >= 0.6 is 0 Å². The van der Waals surface area contributed by atoms with Crippen LogP contribution in [0.25, 0.3) is 0 Å². The van der Waals surface area contributed by atoms with Crippen molar-refractivity contribution in [3.63, 3.8) is 0 Å². The monoisotopic (exact) mass is 741 g/mol. The molecule has 0 aromatic carbocycles. The molecule has 3 unspecified atom stereocenters. The van der Waals surface area contributed by atoms with Crippen LogP contribution in [0.2, 0.25) is 0 Å². The maximum Gasteiger partial charge on any atom is 0.135 e. The maximum atomic E-state index is 14.1. The number of methoxy groups -OCH3 is 1. The van der Waals surface area contributed by atoms with Gasteiger partial charge in [-0.1, -0.05) is 20.1 Å². The van der Waals surface area contributed by atoms with Gasteiger partial charge in [0.2, 0.25) is 0 Å². The maximum absolute atomic E-state index is 14.1. The van der Waals surface area contributed by atoms with Crippen molar-refractivity contribution in [3.8, 4) is 0 Å². The predicted molar refractivity (Wildman–Crippen MR) is 194 cm³/mol. The number of ketones is 1. The summed E-state index contributed by atoms with van der Waals surface area (Å²) in [5, 5.41) is 13.9. The highest BCUT2D eigenvalue weighted by Gasteiger charge is 2.67. The molecule has 0 amide bonds. The molecule has 0 radical (unpaired) electrons. The van der Waals surface area contributed by atoms with Crippen molar-refractivity contribution in [2.24, 2.45) is 17.8 Å². The topological polar surface area (TPSA) is 123 Å². The Bertz CT molecular complexity index is 1390. The summed E-state index contributed by atoms with van der Waals surface area (Å²) in [7, 11) is 3.53. The molecule has 0 saturated carbocycles. The van der Waals surface area contributed by atoms with Crippen LogP contribution in [0.4, 0.5) is 0 Å². The average Bonchev–Trinajstić information content (AvgIpc) is 3.80. The minimum Gasteiger partial charge on any atom is -0.392 e. The molecule has 12 bridgehead atoms. The molecule has 10 heterocycles. The first-order chi connectivity index (χ1) is 25.6. The van der Waals surface area contributed by atoms with E-state index in [1.165, 1.54) is 5.57 Å². The molecule has 10 saturated heterocycles. The van der Waals surface area contributed by atoms with Crippen LogP contribution in [-0.2, 0) is 42.7 Å². The predicted octanol–water partition coefficient (Wildman–Crippen LogP) is 4.36. The van der Waals surface area contributed by atoms with Crippen molar-refractivity contribution in [2.75, 3.05) is 20.7 Å². The molecule has 10 rings (SSSR count). The van der Waals surface area contributed by atoms with Gasteiger partial charge in [-0.3, -0.25) is 4.79 Å². The van der Waals surface area contributed by atoms with Gasteiger partial charge in [0.15, 0.2) is 0 Å². The normalized spacial score (nSPS) is 51.6. The number of fused-ring (bicyclic) bond motifs is 6. The first-order valence-corrected chi connectivity index (χ1v) is 20.9.